The number of rotatable bonds is 21. The summed E-state index contributed by atoms with van der Waals surface area (Å²) in [6.45, 7) is 0.342. The van der Waals surface area contributed by atoms with Gasteiger partial charge in [-0.15, -0.1) is 8.67 Å². The lowest BCUT2D eigenvalue weighted by Crippen LogP contribution is -2.52. The molecule has 12 N–H and O–H groups in total. The van der Waals surface area contributed by atoms with Gasteiger partial charge in [0.25, 0.3) is 0 Å². The van der Waals surface area contributed by atoms with Crippen LogP contribution < -0.4 is 10.5 Å². The molecule has 0 spiro atoms. The van der Waals surface area contributed by atoms with E-state index in [4.69, 9.17) is 13.5 Å². The summed E-state index contributed by atoms with van der Waals surface area (Å²) in [5, 5.41) is 141. The number of aliphatic hydroxyl groups is 12. The van der Waals surface area contributed by atoms with Crippen molar-refractivity contribution in [1.82, 2.24) is 0 Å². The van der Waals surface area contributed by atoms with E-state index in [-0.39, 0.29) is 60.7 Å². The van der Waals surface area contributed by atoms with Gasteiger partial charge in [-0.25, -0.2) is 0 Å². The summed E-state index contributed by atoms with van der Waals surface area (Å²) in [5.74, 6) is 0.451. The van der Waals surface area contributed by atoms with Crippen LogP contribution in [0.5, 0.6) is 0 Å². The molecule has 24 heteroatoms. The van der Waals surface area contributed by atoms with E-state index in [1.165, 1.54) is 0 Å². The minimum Gasteiger partial charge on any atom is -0.691 e. The summed E-state index contributed by atoms with van der Waals surface area (Å²) in [7, 11) is -1.42. The zero-order valence-corrected chi connectivity index (χ0v) is 27.7. The first-order valence-corrected chi connectivity index (χ1v) is 18.3. The standard InChI is InChI=1S/C13H26O11S2.C9H18O9S2/c1-2-6(15)11(19)12(20)13(22-25-24-23-21)8(17)5-26-4-7(16)10(18)9(26)3-14;10-1-7(16-19-18-17-15)5(12)3-20-4-6(13)9(14)8(20)2-11/h6-20H,2-5H2,1H3;5-14H,1-4H2/t6?,7-,8?,9-,10+,11?,12?,13?,26?;5-,6-,7+,8-,9+,20?/m11/s1. The van der Waals surface area contributed by atoms with Crippen LogP contribution in [0.2, 0.25) is 0 Å². The molecular formula is C22H44O20S4. The van der Waals surface area contributed by atoms with Crippen molar-refractivity contribution in [3.8, 4) is 0 Å². The molecule has 0 bridgehead atoms. The molecule has 0 aromatic rings. The van der Waals surface area contributed by atoms with Crippen LogP contribution in [0.3, 0.4) is 0 Å². The Morgan fingerprint density at radius 3 is 1.57 bits per heavy atom. The molecule has 0 saturated carbocycles. The Bertz CT molecular complexity index is 785. The van der Waals surface area contributed by atoms with Crippen molar-refractivity contribution >= 4 is 46.4 Å². The Hall–Kier alpha value is 0.600. The summed E-state index contributed by atoms with van der Waals surface area (Å²) in [6, 6.07) is 0. The van der Waals surface area contributed by atoms with E-state index >= 15 is 0 Å². The van der Waals surface area contributed by atoms with Crippen LogP contribution in [-0.2, 0) is 48.9 Å². The highest BCUT2D eigenvalue weighted by atomic mass is 32.2. The molecule has 2 heterocycles. The predicted molar refractivity (Wildman–Crippen MR) is 157 cm³/mol. The molecule has 0 radical (unpaired) electrons. The Morgan fingerprint density at radius 2 is 1.15 bits per heavy atom. The maximum Gasteiger partial charge on any atom is 0.194 e. The predicted octanol–water partition coefficient (Wildman–Crippen LogP) is -8.05. The quantitative estimate of drug-likeness (QED) is 0.0170. The van der Waals surface area contributed by atoms with E-state index in [1.54, 1.807) is 6.92 Å². The Balaban J connectivity index is 0.000000476. The highest BCUT2D eigenvalue weighted by Gasteiger charge is 2.52. The van der Waals surface area contributed by atoms with Gasteiger partial charge in [0, 0.05) is 21.8 Å². The molecule has 0 amide bonds. The van der Waals surface area contributed by atoms with Gasteiger partial charge < -0.3 is 71.8 Å². The lowest BCUT2D eigenvalue weighted by molar-refractivity contribution is -0.777. The molecule has 2 aliphatic rings. The molecular weight excluding hydrogens is 712 g/mol. The molecule has 2 aliphatic heterocycles. The smallest absolute Gasteiger partial charge is 0.194 e. The Kier molecular flexibility index (Phi) is 23.2. The largest absolute Gasteiger partial charge is 0.691 e. The van der Waals surface area contributed by atoms with Gasteiger partial charge in [0.05, 0.1) is 25.9 Å². The normalized spacial score (nSPS) is 32.7. The lowest BCUT2D eigenvalue weighted by atomic mass is 9.99. The zero-order valence-electron chi connectivity index (χ0n) is 24.4. The molecule has 20 nitrogen and oxygen atoms in total. The van der Waals surface area contributed by atoms with Crippen molar-refractivity contribution in [2.45, 2.75) is 91.0 Å². The van der Waals surface area contributed by atoms with Crippen LogP contribution in [-0.4, -0.2) is 182 Å². The van der Waals surface area contributed by atoms with Gasteiger partial charge in [-0.05, 0) is 6.42 Å². The van der Waals surface area contributed by atoms with Gasteiger partial charge >= 0.3 is 0 Å². The van der Waals surface area contributed by atoms with E-state index in [1.807, 2.05) is 0 Å². The Morgan fingerprint density at radius 1 is 0.696 bits per heavy atom. The molecule has 7 unspecified atom stereocenters. The second-order valence-corrected chi connectivity index (χ2v) is 15.8. The Labute approximate surface area is 278 Å². The molecule has 2 saturated heterocycles. The molecule has 0 aromatic carbocycles. The third kappa shape index (κ3) is 13.7. The van der Waals surface area contributed by atoms with Crippen LogP contribution in [0.1, 0.15) is 13.3 Å². The third-order valence-electron chi connectivity index (χ3n) is 7.22. The van der Waals surface area contributed by atoms with E-state index in [2.05, 4.69) is 18.7 Å². The van der Waals surface area contributed by atoms with Crippen LogP contribution in [0.25, 0.3) is 0 Å². The van der Waals surface area contributed by atoms with Crippen molar-refractivity contribution in [2.24, 2.45) is 0 Å². The van der Waals surface area contributed by atoms with Crippen molar-refractivity contribution < 1.29 is 98.9 Å². The van der Waals surface area contributed by atoms with E-state index < -0.39 is 113 Å². The van der Waals surface area contributed by atoms with E-state index in [9.17, 15) is 66.7 Å². The monoisotopic (exact) mass is 756 g/mol. The average molecular weight is 757 g/mol. The zero-order chi connectivity index (χ0) is 35.0. The fourth-order valence-corrected chi connectivity index (χ4v) is 10.7. The number of hydrogen-bond acceptors (Lipinski definition) is 22. The van der Waals surface area contributed by atoms with Gasteiger partial charge in [0.1, 0.15) is 84.1 Å². The fourth-order valence-electron chi connectivity index (χ4n) is 4.60. The molecule has 2 rings (SSSR count). The second-order valence-electron chi connectivity index (χ2n) is 10.2. The van der Waals surface area contributed by atoms with Crippen LogP contribution in [0.15, 0.2) is 0 Å². The van der Waals surface area contributed by atoms with Crippen LogP contribution in [0.4, 0.5) is 0 Å². The van der Waals surface area contributed by atoms with Gasteiger partial charge in [-0.3, -0.25) is 18.4 Å². The molecule has 15 atom stereocenters. The van der Waals surface area contributed by atoms with Gasteiger partial charge in [0.2, 0.25) is 0 Å². The van der Waals surface area contributed by atoms with Crippen molar-refractivity contribution in [3.63, 3.8) is 0 Å². The number of aliphatic hydroxyl groups excluding tert-OH is 12. The topological polar surface area (TPSA) is 344 Å². The third-order valence-corrected chi connectivity index (χ3v) is 13.7. The molecule has 0 aromatic heterocycles. The molecule has 46 heavy (non-hydrogen) atoms. The minimum atomic E-state index is -1.74. The van der Waals surface area contributed by atoms with E-state index in [0.717, 1.165) is 0 Å². The first-order chi connectivity index (χ1) is 21.8. The van der Waals surface area contributed by atoms with Gasteiger partial charge in [0.15, 0.2) is 35.1 Å². The average Bonchev–Trinajstić information content (AvgIpc) is 3.47. The maximum atomic E-state index is 10.4. The van der Waals surface area contributed by atoms with Crippen molar-refractivity contribution in [2.75, 3.05) is 42.8 Å². The SMILES string of the molecule is CCC(O)C(O)C(O)C(OSOO[O-])C(O)C[S+]1C[C@@H](O)[C@H](O)[C@H]1CO.[O-]OOSO[C@@H](CO)[C@H](O)C[S+]1C[C@@H](O)[C@H](O)[C@H]1CO. The lowest BCUT2D eigenvalue weighted by Gasteiger charge is -2.30. The van der Waals surface area contributed by atoms with E-state index in [0.29, 0.717) is 0 Å². The highest BCUT2D eigenvalue weighted by molar-refractivity contribution is 7.98. The summed E-state index contributed by atoms with van der Waals surface area (Å²) >= 11 is 0.208. The first kappa shape index (κ1) is 44.6. The molecule has 276 valence electrons. The second kappa shape index (κ2) is 23.9. The van der Waals surface area contributed by atoms with Crippen molar-refractivity contribution in [1.29, 1.82) is 0 Å². The minimum absolute atomic E-state index is 0.0278. The number of hydrogen-bond donors (Lipinski definition) is 12. The van der Waals surface area contributed by atoms with Crippen LogP contribution >= 0.6 is 24.6 Å². The van der Waals surface area contributed by atoms with Gasteiger partial charge in [-0.2, -0.15) is 0 Å². The maximum absolute atomic E-state index is 10.4. The van der Waals surface area contributed by atoms with Crippen molar-refractivity contribution in [3.05, 3.63) is 0 Å². The molecule has 2 fully saturated rings. The highest BCUT2D eigenvalue weighted by Crippen LogP contribution is 2.28. The fraction of sp³-hybridized carbons (Fsp3) is 1.00. The summed E-state index contributed by atoms with van der Waals surface area (Å²) in [5.41, 5.74) is 0. The first-order valence-electron chi connectivity index (χ1n) is 13.7. The van der Waals surface area contributed by atoms with Crippen LogP contribution in [0, 0.1) is 0 Å². The summed E-state index contributed by atoms with van der Waals surface area (Å²) in [6.07, 6.45) is -13.8. The van der Waals surface area contributed by atoms with Gasteiger partial charge in [-0.1, -0.05) is 6.92 Å². The molecule has 0 aliphatic carbocycles. The summed E-state index contributed by atoms with van der Waals surface area (Å²) in [4.78, 5) is 0. The summed E-state index contributed by atoms with van der Waals surface area (Å²) < 4.78 is 17.6.